The molecule has 5 heteroatoms. The van der Waals surface area contributed by atoms with E-state index >= 15 is 0 Å². The molecule has 0 spiro atoms. The van der Waals surface area contributed by atoms with Crippen molar-refractivity contribution in [2.75, 3.05) is 20.1 Å². The van der Waals surface area contributed by atoms with E-state index in [1.54, 1.807) is 0 Å². The topological polar surface area (TPSA) is 50.2 Å². The number of hydrogen-bond acceptors (Lipinski definition) is 3. The van der Waals surface area contributed by atoms with Crippen molar-refractivity contribution in [2.24, 2.45) is 7.05 Å². The number of imidazole rings is 1. The number of aryl methyl sites for hydroxylation is 2. The maximum atomic E-state index is 12.1. The Hall–Kier alpha value is -1.88. The molecule has 1 N–H and O–H groups in total. The van der Waals surface area contributed by atoms with Gasteiger partial charge in [-0.2, -0.15) is 0 Å². The number of nitrogens with zero attached hydrogens (tertiary/aromatic N) is 3. The van der Waals surface area contributed by atoms with Gasteiger partial charge in [0.15, 0.2) is 0 Å². The molecular formula is C20H30N4O. The summed E-state index contributed by atoms with van der Waals surface area (Å²) in [5.41, 5.74) is 2.21. The second-order valence-corrected chi connectivity index (χ2v) is 7.20. The molecule has 5 nitrogen and oxygen atoms in total. The zero-order valence-electron chi connectivity index (χ0n) is 15.5. The Kier molecular flexibility index (Phi) is 6.08. The first-order chi connectivity index (χ1) is 12.1. The zero-order valence-corrected chi connectivity index (χ0v) is 15.5. The van der Waals surface area contributed by atoms with Crippen molar-refractivity contribution >= 4 is 16.9 Å². The fourth-order valence-electron chi connectivity index (χ4n) is 3.79. The minimum atomic E-state index is 0.184. The summed E-state index contributed by atoms with van der Waals surface area (Å²) >= 11 is 0. The molecule has 1 aliphatic heterocycles. The Bertz CT molecular complexity index is 709. The Morgan fingerprint density at radius 3 is 2.92 bits per heavy atom. The summed E-state index contributed by atoms with van der Waals surface area (Å²) < 4.78 is 2.15. The standard InChI is InChI=1S/C20H30N4O/c1-23-15-6-5-8-16(23)12-13-20(25)21-14-7-11-19-22-17-9-3-4-10-18(17)24(19)2/h3-4,9-10,16H,5-8,11-15H2,1-2H3,(H,21,25). The number of likely N-dealkylation sites (tertiary alicyclic amines) is 1. The Morgan fingerprint density at radius 1 is 1.28 bits per heavy atom. The van der Waals surface area contributed by atoms with Crippen LogP contribution in [0.4, 0.5) is 0 Å². The molecule has 1 atom stereocenters. The smallest absolute Gasteiger partial charge is 0.220 e. The van der Waals surface area contributed by atoms with E-state index in [1.165, 1.54) is 25.8 Å². The molecule has 1 fully saturated rings. The molecule has 0 aliphatic carbocycles. The summed E-state index contributed by atoms with van der Waals surface area (Å²) in [7, 11) is 4.24. The lowest BCUT2D eigenvalue weighted by atomic mass is 9.98. The Balaban J connectivity index is 1.37. The van der Waals surface area contributed by atoms with Crippen LogP contribution in [0.25, 0.3) is 11.0 Å². The number of piperidine rings is 1. The minimum Gasteiger partial charge on any atom is -0.356 e. The van der Waals surface area contributed by atoms with Gasteiger partial charge < -0.3 is 14.8 Å². The molecule has 0 radical (unpaired) electrons. The highest BCUT2D eigenvalue weighted by molar-refractivity contribution is 5.76. The van der Waals surface area contributed by atoms with E-state index in [2.05, 4.69) is 39.9 Å². The summed E-state index contributed by atoms with van der Waals surface area (Å²) in [5, 5.41) is 3.07. The molecule has 0 bridgehead atoms. The van der Waals surface area contributed by atoms with E-state index < -0.39 is 0 Å². The number of benzene rings is 1. The van der Waals surface area contributed by atoms with Crippen LogP contribution in [-0.4, -0.2) is 46.5 Å². The van der Waals surface area contributed by atoms with E-state index in [1.807, 2.05) is 18.2 Å². The molecule has 0 saturated carbocycles. The Morgan fingerprint density at radius 2 is 2.12 bits per heavy atom. The van der Waals surface area contributed by atoms with Crippen molar-refractivity contribution in [3.05, 3.63) is 30.1 Å². The summed E-state index contributed by atoms with van der Waals surface area (Å²) in [6.07, 6.45) is 7.25. The predicted octanol–water partition coefficient (Wildman–Crippen LogP) is 2.89. The van der Waals surface area contributed by atoms with Gasteiger partial charge in [0, 0.05) is 32.5 Å². The van der Waals surface area contributed by atoms with Gasteiger partial charge in [0.1, 0.15) is 5.82 Å². The Labute approximate surface area is 150 Å². The first-order valence-corrected chi connectivity index (χ1v) is 9.52. The van der Waals surface area contributed by atoms with Gasteiger partial charge in [0.05, 0.1) is 11.0 Å². The number of hydrogen-bond donors (Lipinski definition) is 1. The molecule has 25 heavy (non-hydrogen) atoms. The van der Waals surface area contributed by atoms with E-state index in [0.717, 1.165) is 42.7 Å². The van der Waals surface area contributed by atoms with Gasteiger partial charge >= 0.3 is 0 Å². The van der Waals surface area contributed by atoms with Crippen LogP contribution in [0.1, 0.15) is 44.3 Å². The molecular weight excluding hydrogens is 312 g/mol. The van der Waals surface area contributed by atoms with Gasteiger partial charge in [0.2, 0.25) is 5.91 Å². The van der Waals surface area contributed by atoms with Crippen molar-refractivity contribution in [1.82, 2.24) is 19.8 Å². The zero-order chi connectivity index (χ0) is 17.6. The molecule has 136 valence electrons. The van der Waals surface area contributed by atoms with Crippen molar-refractivity contribution in [1.29, 1.82) is 0 Å². The summed E-state index contributed by atoms with van der Waals surface area (Å²) in [5.74, 6) is 1.27. The van der Waals surface area contributed by atoms with Crippen molar-refractivity contribution in [3.63, 3.8) is 0 Å². The second kappa shape index (κ2) is 8.48. The SMILES string of the molecule is CN1CCCCC1CCC(=O)NCCCc1nc2ccccc2n1C. The van der Waals surface area contributed by atoms with Crippen LogP contribution in [0, 0.1) is 0 Å². The van der Waals surface area contributed by atoms with E-state index in [-0.39, 0.29) is 5.91 Å². The number of carbonyl (C=O) groups is 1. The predicted molar refractivity (Wildman–Crippen MR) is 102 cm³/mol. The molecule has 3 rings (SSSR count). The number of amides is 1. The average Bonchev–Trinajstić information content (AvgIpc) is 2.94. The number of rotatable bonds is 7. The molecule has 1 aliphatic rings. The van der Waals surface area contributed by atoms with Crippen molar-refractivity contribution in [3.8, 4) is 0 Å². The fourth-order valence-corrected chi connectivity index (χ4v) is 3.79. The van der Waals surface area contributed by atoms with Crippen LogP contribution in [0.15, 0.2) is 24.3 Å². The van der Waals surface area contributed by atoms with Crippen molar-refractivity contribution < 1.29 is 4.79 Å². The minimum absolute atomic E-state index is 0.184. The van der Waals surface area contributed by atoms with Crippen LogP contribution < -0.4 is 5.32 Å². The maximum Gasteiger partial charge on any atom is 0.220 e. The molecule has 1 unspecified atom stereocenters. The number of carbonyl (C=O) groups excluding carboxylic acids is 1. The van der Waals surface area contributed by atoms with Gasteiger partial charge in [-0.1, -0.05) is 18.6 Å². The maximum absolute atomic E-state index is 12.1. The van der Waals surface area contributed by atoms with Gasteiger partial charge in [0.25, 0.3) is 0 Å². The number of para-hydroxylation sites is 2. The van der Waals surface area contributed by atoms with Gasteiger partial charge in [-0.25, -0.2) is 4.98 Å². The van der Waals surface area contributed by atoms with Crippen LogP contribution in [-0.2, 0) is 18.3 Å². The molecule has 1 amide bonds. The van der Waals surface area contributed by atoms with Crippen LogP contribution >= 0.6 is 0 Å². The fraction of sp³-hybridized carbons (Fsp3) is 0.600. The van der Waals surface area contributed by atoms with E-state index in [0.29, 0.717) is 12.5 Å². The quantitative estimate of drug-likeness (QED) is 0.787. The molecule has 1 saturated heterocycles. The van der Waals surface area contributed by atoms with E-state index in [9.17, 15) is 4.79 Å². The first-order valence-electron chi connectivity index (χ1n) is 9.52. The number of nitrogens with one attached hydrogen (secondary N) is 1. The summed E-state index contributed by atoms with van der Waals surface area (Å²) in [6.45, 7) is 1.90. The normalized spacial score (nSPS) is 18.6. The van der Waals surface area contributed by atoms with Crippen LogP contribution in [0.3, 0.4) is 0 Å². The third kappa shape index (κ3) is 4.60. The number of fused-ring (bicyclic) bond motifs is 1. The average molecular weight is 342 g/mol. The summed E-state index contributed by atoms with van der Waals surface area (Å²) in [4.78, 5) is 19.1. The number of aromatic nitrogens is 2. The molecule has 1 aromatic heterocycles. The first kappa shape index (κ1) is 17.9. The lowest BCUT2D eigenvalue weighted by molar-refractivity contribution is -0.121. The second-order valence-electron chi connectivity index (χ2n) is 7.20. The van der Waals surface area contributed by atoms with Gasteiger partial charge in [-0.3, -0.25) is 4.79 Å². The van der Waals surface area contributed by atoms with E-state index in [4.69, 9.17) is 0 Å². The van der Waals surface area contributed by atoms with Crippen LogP contribution in [0.2, 0.25) is 0 Å². The molecule has 2 heterocycles. The highest BCUT2D eigenvalue weighted by Gasteiger charge is 2.19. The third-order valence-corrected chi connectivity index (χ3v) is 5.41. The lowest BCUT2D eigenvalue weighted by Gasteiger charge is -2.32. The largest absolute Gasteiger partial charge is 0.356 e. The molecule has 1 aromatic carbocycles. The molecule has 2 aromatic rings. The monoisotopic (exact) mass is 342 g/mol. The third-order valence-electron chi connectivity index (χ3n) is 5.41. The summed E-state index contributed by atoms with van der Waals surface area (Å²) in [6, 6.07) is 8.78. The van der Waals surface area contributed by atoms with Gasteiger partial charge in [-0.15, -0.1) is 0 Å². The lowest BCUT2D eigenvalue weighted by Crippen LogP contribution is -2.37. The highest BCUT2D eigenvalue weighted by atomic mass is 16.1. The van der Waals surface area contributed by atoms with Crippen LogP contribution in [0.5, 0.6) is 0 Å². The van der Waals surface area contributed by atoms with Gasteiger partial charge in [-0.05, 0) is 51.4 Å². The van der Waals surface area contributed by atoms with Crippen molar-refractivity contribution in [2.45, 2.75) is 51.0 Å². The highest BCUT2D eigenvalue weighted by Crippen LogP contribution is 2.19.